The largest absolute Gasteiger partial charge is 0.481 e. The van der Waals surface area contributed by atoms with Gasteiger partial charge in [-0.2, -0.15) is 0 Å². The van der Waals surface area contributed by atoms with Crippen LogP contribution in [0.5, 0.6) is 0 Å². The molecule has 1 saturated heterocycles. The minimum atomic E-state index is -0.853. The summed E-state index contributed by atoms with van der Waals surface area (Å²) in [5.74, 6) is -0.853. The monoisotopic (exact) mass is 291 g/mol. The van der Waals surface area contributed by atoms with E-state index in [-0.39, 0.29) is 12.6 Å². The van der Waals surface area contributed by atoms with E-state index in [0.717, 1.165) is 17.0 Å². The van der Waals surface area contributed by atoms with E-state index in [0.29, 0.717) is 19.5 Å². The van der Waals surface area contributed by atoms with E-state index in [1.807, 2.05) is 26.0 Å². The first-order valence-corrected chi connectivity index (χ1v) is 7.01. The van der Waals surface area contributed by atoms with Crippen molar-refractivity contribution in [3.05, 3.63) is 29.1 Å². The molecule has 0 radical (unpaired) electrons. The number of aromatic nitrogens is 1. The predicted molar refractivity (Wildman–Crippen MR) is 77.9 cm³/mol. The maximum Gasteiger partial charge on any atom is 0.317 e. The second-order valence-electron chi connectivity index (χ2n) is 5.90. The van der Waals surface area contributed by atoms with Crippen LogP contribution in [-0.2, 0) is 11.3 Å². The molecular formula is C15H21N3O3. The molecule has 1 aromatic rings. The van der Waals surface area contributed by atoms with E-state index in [1.54, 1.807) is 11.8 Å². The highest BCUT2D eigenvalue weighted by atomic mass is 16.4. The summed E-state index contributed by atoms with van der Waals surface area (Å²) in [6, 6.07) is 3.62. The van der Waals surface area contributed by atoms with Gasteiger partial charge >= 0.3 is 12.0 Å². The van der Waals surface area contributed by atoms with Crippen LogP contribution in [0, 0.1) is 19.3 Å². The van der Waals surface area contributed by atoms with Crippen molar-refractivity contribution in [2.24, 2.45) is 5.41 Å². The Morgan fingerprint density at radius 3 is 2.71 bits per heavy atom. The van der Waals surface area contributed by atoms with Gasteiger partial charge in [-0.05, 0) is 38.8 Å². The fraction of sp³-hybridized carbons (Fsp3) is 0.533. The number of carboxylic acids is 1. The Morgan fingerprint density at radius 2 is 2.14 bits per heavy atom. The van der Waals surface area contributed by atoms with Gasteiger partial charge in [0, 0.05) is 18.8 Å². The van der Waals surface area contributed by atoms with Crippen LogP contribution in [-0.4, -0.2) is 40.1 Å². The molecule has 1 atom stereocenters. The van der Waals surface area contributed by atoms with Crippen molar-refractivity contribution in [3.63, 3.8) is 0 Å². The van der Waals surface area contributed by atoms with Gasteiger partial charge in [-0.15, -0.1) is 0 Å². The summed E-state index contributed by atoms with van der Waals surface area (Å²) in [5.41, 5.74) is 2.02. The Bertz CT molecular complexity index is 573. The molecule has 2 N–H and O–H groups in total. The van der Waals surface area contributed by atoms with Gasteiger partial charge < -0.3 is 15.3 Å². The Morgan fingerprint density at radius 1 is 1.43 bits per heavy atom. The average Bonchev–Trinajstić information content (AvgIpc) is 2.84. The van der Waals surface area contributed by atoms with Gasteiger partial charge in [-0.1, -0.05) is 6.07 Å². The minimum Gasteiger partial charge on any atom is -0.481 e. The highest BCUT2D eigenvalue weighted by Crippen LogP contribution is 2.29. The molecule has 0 bridgehead atoms. The minimum absolute atomic E-state index is 0.236. The number of aryl methyl sites for hydroxylation is 2. The summed E-state index contributed by atoms with van der Waals surface area (Å²) in [6.45, 7) is 6.65. The van der Waals surface area contributed by atoms with Crippen molar-refractivity contribution in [1.82, 2.24) is 15.2 Å². The first-order chi connectivity index (χ1) is 9.82. The zero-order chi connectivity index (χ0) is 15.6. The van der Waals surface area contributed by atoms with Gasteiger partial charge in [-0.3, -0.25) is 9.78 Å². The number of hydrogen-bond donors (Lipinski definition) is 2. The van der Waals surface area contributed by atoms with Crippen LogP contribution in [0.2, 0.25) is 0 Å². The molecule has 1 aliphatic rings. The van der Waals surface area contributed by atoms with Crippen molar-refractivity contribution in [2.75, 3.05) is 13.1 Å². The number of aliphatic carboxylic acids is 1. The number of carbonyl (C=O) groups excluding carboxylic acids is 1. The van der Waals surface area contributed by atoms with Crippen LogP contribution in [0.3, 0.4) is 0 Å². The number of likely N-dealkylation sites (tertiary alicyclic amines) is 1. The zero-order valence-electron chi connectivity index (χ0n) is 12.6. The summed E-state index contributed by atoms with van der Waals surface area (Å²) in [5, 5.41) is 12.0. The first kappa shape index (κ1) is 15.3. The van der Waals surface area contributed by atoms with Crippen LogP contribution < -0.4 is 5.32 Å². The number of carboxylic acid groups (broad SMARTS) is 1. The number of carbonyl (C=O) groups is 2. The standard InChI is InChI=1S/C15H21N3O3/c1-10-4-5-12(17-11(10)2)8-16-14(21)18-7-6-15(3,9-18)13(19)20/h4-5H,6-9H2,1-3H3,(H,16,21)(H,19,20). The molecule has 2 heterocycles. The SMILES string of the molecule is Cc1ccc(CNC(=O)N2CCC(C)(C(=O)O)C2)nc1C. The van der Waals surface area contributed by atoms with Gasteiger partial charge in [0.2, 0.25) is 0 Å². The summed E-state index contributed by atoms with van der Waals surface area (Å²) < 4.78 is 0. The summed E-state index contributed by atoms with van der Waals surface area (Å²) in [4.78, 5) is 29.2. The number of hydrogen-bond acceptors (Lipinski definition) is 3. The van der Waals surface area contributed by atoms with E-state index >= 15 is 0 Å². The van der Waals surface area contributed by atoms with Crippen molar-refractivity contribution in [1.29, 1.82) is 0 Å². The molecule has 0 saturated carbocycles. The molecule has 1 unspecified atom stereocenters. The molecule has 21 heavy (non-hydrogen) atoms. The van der Waals surface area contributed by atoms with Gasteiger partial charge in [0.25, 0.3) is 0 Å². The average molecular weight is 291 g/mol. The van der Waals surface area contributed by atoms with Crippen molar-refractivity contribution < 1.29 is 14.7 Å². The van der Waals surface area contributed by atoms with Crippen LogP contribution >= 0.6 is 0 Å². The fourth-order valence-electron chi connectivity index (χ4n) is 2.37. The number of pyridine rings is 1. The molecule has 114 valence electrons. The number of nitrogens with one attached hydrogen (secondary N) is 1. The lowest BCUT2D eigenvalue weighted by atomic mass is 9.90. The van der Waals surface area contributed by atoms with Crippen molar-refractivity contribution >= 4 is 12.0 Å². The third-order valence-corrected chi connectivity index (χ3v) is 4.11. The predicted octanol–water partition coefficient (Wildman–Crippen LogP) is 1.70. The molecule has 0 aromatic carbocycles. The molecule has 0 spiro atoms. The lowest BCUT2D eigenvalue weighted by Gasteiger charge is -2.20. The molecule has 1 fully saturated rings. The van der Waals surface area contributed by atoms with E-state index < -0.39 is 11.4 Å². The number of urea groups is 1. The highest BCUT2D eigenvalue weighted by molar-refractivity contribution is 5.79. The Labute approximate surface area is 124 Å². The lowest BCUT2D eigenvalue weighted by Crippen LogP contribution is -2.40. The molecule has 2 rings (SSSR count). The molecular weight excluding hydrogens is 270 g/mol. The topological polar surface area (TPSA) is 82.5 Å². The molecule has 6 heteroatoms. The lowest BCUT2D eigenvalue weighted by molar-refractivity contribution is -0.146. The highest BCUT2D eigenvalue weighted by Gasteiger charge is 2.42. The van der Waals surface area contributed by atoms with Gasteiger partial charge in [0.1, 0.15) is 0 Å². The Balaban J connectivity index is 1.91. The second-order valence-corrected chi connectivity index (χ2v) is 5.90. The Kier molecular flexibility index (Phi) is 4.16. The number of nitrogens with zero attached hydrogens (tertiary/aromatic N) is 2. The van der Waals surface area contributed by atoms with E-state index in [1.165, 1.54) is 0 Å². The molecule has 2 amide bonds. The van der Waals surface area contributed by atoms with Gasteiger partial charge in [0.15, 0.2) is 0 Å². The maximum absolute atomic E-state index is 12.1. The van der Waals surface area contributed by atoms with E-state index in [9.17, 15) is 9.59 Å². The quantitative estimate of drug-likeness (QED) is 0.888. The van der Waals surface area contributed by atoms with Gasteiger partial charge in [-0.25, -0.2) is 4.79 Å². The first-order valence-electron chi connectivity index (χ1n) is 7.01. The molecule has 0 aliphatic carbocycles. The fourth-order valence-corrected chi connectivity index (χ4v) is 2.37. The number of amides is 2. The van der Waals surface area contributed by atoms with E-state index in [2.05, 4.69) is 10.3 Å². The number of rotatable bonds is 3. The third-order valence-electron chi connectivity index (χ3n) is 4.11. The van der Waals surface area contributed by atoms with Gasteiger partial charge in [0.05, 0.1) is 17.7 Å². The summed E-state index contributed by atoms with van der Waals surface area (Å²) in [7, 11) is 0. The Hall–Kier alpha value is -2.11. The normalized spacial score (nSPS) is 21.4. The van der Waals surface area contributed by atoms with Crippen molar-refractivity contribution in [2.45, 2.75) is 33.7 Å². The summed E-state index contributed by atoms with van der Waals surface area (Å²) >= 11 is 0. The van der Waals surface area contributed by atoms with Crippen molar-refractivity contribution in [3.8, 4) is 0 Å². The second kappa shape index (κ2) is 5.71. The molecule has 6 nitrogen and oxygen atoms in total. The smallest absolute Gasteiger partial charge is 0.317 e. The molecule has 1 aromatic heterocycles. The van der Waals surface area contributed by atoms with Crippen LogP contribution in [0.4, 0.5) is 4.79 Å². The van der Waals surface area contributed by atoms with E-state index in [4.69, 9.17) is 5.11 Å². The van der Waals surface area contributed by atoms with Crippen LogP contribution in [0.25, 0.3) is 0 Å². The zero-order valence-corrected chi connectivity index (χ0v) is 12.6. The van der Waals surface area contributed by atoms with Crippen LogP contribution in [0.1, 0.15) is 30.3 Å². The summed E-state index contributed by atoms with van der Waals surface area (Å²) in [6.07, 6.45) is 0.484. The molecule has 1 aliphatic heterocycles. The maximum atomic E-state index is 12.1. The van der Waals surface area contributed by atoms with Crippen LogP contribution in [0.15, 0.2) is 12.1 Å². The third kappa shape index (κ3) is 3.32.